The molecule has 7 heteroatoms. The highest BCUT2D eigenvalue weighted by Gasteiger charge is 2.34. The second-order valence-corrected chi connectivity index (χ2v) is 6.81. The molecule has 24 heavy (non-hydrogen) atoms. The van der Waals surface area contributed by atoms with Crippen molar-refractivity contribution in [3.8, 4) is 0 Å². The number of carbonyl (C=O) groups excluding carboxylic acids is 1. The van der Waals surface area contributed by atoms with Gasteiger partial charge in [0.05, 0.1) is 11.6 Å². The Morgan fingerprint density at radius 2 is 2.04 bits per heavy atom. The number of nitrogens with one attached hydrogen (secondary N) is 2. The van der Waals surface area contributed by atoms with E-state index in [2.05, 4.69) is 34.6 Å². The average Bonchev–Trinajstić information content (AvgIpc) is 2.96. The molecule has 0 bridgehead atoms. The molecule has 1 amide bonds. The molecule has 1 aliphatic rings. The minimum Gasteiger partial charge on any atom is -0.328 e. The molecule has 126 valence electrons. The maximum absolute atomic E-state index is 12.9. The fourth-order valence-corrected chi connectivity index (χ4v) is 3.24. The first-order valence-electron chi connectivity index (χ1n) is 7.86. The summed E-state index contributed by atoms with van der Waals surface area (Å²) in [5, 5.41) is 11.4. The van der Waals surface area contributed by atoms with Crippen molar-refractivity contribution >= 4 is 29.3 Å². The Morgan fingerprint density at radius 1 is 1.33 bits per heavy atom. The predicted molar refractivity (Wildman–Crippen MR) is 97.1 cm³/mol. The van der Waals surface area contributed by atoms with Crippen LogP contribution in [0.4, 0.5) is 11.6 Å². The fraction of sp³-hybridized carbons (Fsp3) is 0.353. The van der Waals surface area contributed by atoms with Crippen LogP contribution in [0.25, 0.3) is 0 Å². The lowest BCUT2D eigenvalue weighted by Gasteiger charge is -2.30. The Bertz CT molecular complexity index is 782. The van der Waals surface area contributed by atoms with Crippen LogP contribution in [0.2, 0.25) is 0 Å². The molecule has 0 unspecified atom stereocenters. The third-order valence-corrected chi connectivity index (χ3v) is 4.50. The molecular weight excluding hydrogens is 322 g/mol. The third kappa shape index (κ3) is 3.03. The van der Waals surface area contributed by atoms with Crippen LogP contribution in [0.3, 0.4) is 0 Å². The van der Waals surface area contributed by atoms with Crippen LogP contribution >= 0.6 is 11.8 Å². The number of thioether (sulfide) groups is 1. The van der Waals surface area contributed by atoms with Gasteiger partial charge < -0.3 is 10.6 Å². The minimum absolute atomic E-state index is 0.114. The smallest absolute Gasteiger partial charge is 0.255 e. The Hall–Kier alpha value is -2.28. The SMILES string of the molecule is CSc1nc2n(n1)[C@@H](C(C)C)C(C(=O)Nc1ccccc1)=C(C)N2. The molecule has 0 radical (unpaired) electrons. The van der Waals surface area contributed by atoms with Crippen LogP contribution in [0.5, 0.6) is 0 Å². The summed E-state index contributed by atoms with van der Waals surface area (Å²) in [6.45, 7) is 6.08. The Morgan fingerprint density at radius 3 is 2.67 bits per heavy atom. The summed E-state index contributed by atoms with van der Waals surface area (Å²) < 4.78 is 1.82. The van der Waals surface area contributed by atoms with E-state index in [1.165, 1.54) is 11.8 Å². The second kappa shape index (κ2) is 6.68. The molecule has 1 atom stereocenters. The fourth-order valence-electron chi connectivity index (χ4n) is 2.89. The van der Waals surface area contributed by atoms with E-state index in [9.17, 15) is 4.79 Å². The summed E-state index contributed by atoms with van der Waals surface area (Å²) in [7, 11) is 0. The molecule has 0 fully saturated rings. The highest BCUT2D eigenvalue weighted by Crippen LogP contribution is 2.36. The van der Waals surface area contributed by atoms with Crippen LogP contribution < -0.4 is 10.6 Å². The van der Waals surface area contributed by atoms with Gasteiger partial charge in [0.25, 0.3) is 5.91 Å². The van der Waals surface area contributed by atoms with Gasteiger partial charge in [0.15, 0.2) is 0 Å². The molecule has 1 aromatic carbocycles. The number of amides is 1. The van der Waals surface area contributed by atoms with E-state index in [0.29, 0.717) is 16.7 Å². The van der Waals surface area contributed by atoms with Crippen molar-refractivity contribution < 1.29 is 4.79 Å². The minimum atomic E-state index is -0.154. The molecule has 0 saturated heterocycles. The van der Waals surface area contributed by atoms with Crippen molar-refractivity contribution in [2.75, 3.05) is 16.9 Å². The quantitative estimate of drug-likeness (QED) is 0.831. The molecule has 0 saturated carbocycles. The van der Waals surface area contributed by atoms with Gasteiger partial charge in [0.2, 0.25) is 11.1 Å². The van der Waals surface area contributed by atoms with Gasteiger partial charge in [-0.2, -0.15) is 4.98 Å². The van der Waals surface area contributed by atoms with E-state index < -0.39 is 0 Å². The monoisotopic (exact) mass is 343 g/mol. The lowest BCUT2D eigenvalue weighted by atomic mass is 9.92. The number of hydrogen-bond acceptors (Lipinski definition) is 5. The summed E-state index contributed by atoms with van der Waals surface area (Å²) in [5.74, 6) is 0.775. The van der Waals surface area contributed by atoms with E-state index in [-0.39, 0.29) is 17.9 Å². The van der Waals surface area contributed by atoms with E-state index in [4.69, 9.17) is 0 Å². The number of anilines is 2. The van der Waals surface area contributed by atoms with Crippen molar-refractivity contribution in [1.29, 1.82) is 0 Å². The van der Waals surface area contributed by atoms with Gasteiger partial charge in [0.1, 0.15) is 0 Å². The summed E-state index contributed by atoms with van der Waals surface area (Å²) >= 11 is 1.49. The normalized spacial score (nSPS) is 16.8. The average molecular weight is 343 g/mol. The van der Waals surface area contributed by atoms with Gasteiger partial charge in [-0.1, -0.05) is 43.8 Å². The highest BCUT2D eigenvalue weighted by atomic mass is 32.2. The number of aromatic nitrogens is 3. The molecule has 2 N–H and O–H groups in total. The number of carbonyl (C=O) groups is 1. The second-order valence-electron chi connectivity index (χ2n) is 6.04. The standard InChI is InChI=1S/C17H21N5OS/c1-10(2)14-13(15(23)19-12-8-6-5-7-9-12)11(3)18-16-20-17(24-4)21-22(14)16/h5-10,14H,1-4H3,(H,19,23)(H,18,20,21)/t14-/m0/s1. The van der Waals surface area contributed by atoms with E-state index >= 15 is 0 Å². The molecule has 2 aromatic rings. The molecule has 1 aromatic heterocycles. The van der Waals surface area contributed by atoms with E-state index in [0.717, 1.165) is 11.4 Å². The molecule has 3 rings (SSSR count). The first kappa shape index (κ1) is 16.6. The maximum Gasteiger partial charge on any atom is 0.255 e. The first-order valence-corrected chi connectivity index (χ1v) is 9.08. The lowest BCUT2D eigenvalue weighted by molar-refractivity contribution is -0.113. The number of allylic oxidation sites excluding steroid dienone is 1. The van der Waals surface area contributed by atoms with Crippen molar-refractivity contribution in [3.05, 3.63) is 41.6 Å². The molecular formula is C17H21N5OS. The van der Waals surface area contributed by atoms with E-state index in [1.54, 1.807) is 0 Å². The first-order chi connectivity index (χ1) is 11.5. The van der Waals surface area contributed by atoms with Gasteiger partial charge in [-0.15, -0.1) is 5.10 Å². The predicted octanol–water partition coefficient (Wildman–Crippen LogP) is 3.54. The molecule has 2 heterocycles. The third-order valence-electron chi connectivity index (χ3n) is 3.96. The highest BCUT2D eigenvalue weighted by molar-refractivity contribution is 7.98. The van der Waals surface area contributed by atoms with E-state index in [1.807, 2.05) is 48.2 Å². The van der Waals surface area contributed by atoms with Crippen molar-refractivity contribution in [1.82, 2.24) is 14.8 Å². The number of hydrogen-bond donors (Lipinski definition) is 2. The maximum atomic E-state index is 12.9. The van der Waals surface area contributed by atoms with Crippen molar-refractivity contribution in [2.45, 2.75) is 32.0 Å². The zero-order valence-corrected chi connectivity index (χ0v) is 15.0. The van der Waals surface area contributed by atoms with Crippen LogP contribution in [0, 0.1) is 5.92 Å². The van der Waals surface area contributed by atoms with Crippen LogP contribution in [-0.2, 0) is 4.79 Å². The van der Waals surface area contributed by atoms with Gasteiger partial charge >= 0.3 is 0 Å². The largest absolute Gasteiger partial charge is 0.328 e. The molecule has 0 spiro atoms. The van der Waals surface area contributed by atoms with Gasteiger partial charge in [-0.3, -0.25) is 4.79 Å². The number of rotatable bonds is 4. The van der Waals surface area contributed by atoms with Crippen molar-refractivity contribution in [2.24, 2.45) is 5.92 Å². The van der Waals surface area contributed by atoms with Crippen LogP contribution in [-0.4, -0.2) is 26.9 Å². The number of fused-ring (bicyclic) bond motifs is 1. The number of benzene rings is 1. The molecule has 6 nitrogen and oxygen atoms in total. The molecule has 0 aliphatic carbocycles. The van der Waals surface area contributed by atoms with Gasteiger partial charge in [-0.05, 0) is 31.2 Å². The van der Waals surface area contributed by atoms with Crippen LogP contribution in [0.15, 0.2) is 46.8 Å². The zero-order chi connectivity index (χ0) is 17.3. The van der Waals surface area contributed by atoms with Gasteiger partial charge in [0, 0.05) is 11.4 Å². The van der Waals surface area contributed by atoms with Crippen molar-refractivity contribution in [3.63, 3.8) is 0 Å². The Kier molecular flexibility index (Phi) is 4.62. The summed E-state index contributed by atoms with van der Waals surface area (Å²) in [6, 6.07) is 9.32. The van der Waals surface area contributed by atoms with Crippen LogP contribution in [0.1, 0.15) is 26.8 Å². The summed E-state index contributed by atoms with van der Waals surface area (Å²) in [6.07, 6.45) is 1.94. The lowest BCUT2D eigenvalue weighted by Crippen LogP contribution is -2.33. The number of nitrogens with zero attached hydrogens (tertiary/aromatic N) is 3. The summed E-state index contributed by atoms with van der Waals surface area (Å²) in [4.78, 5) is 17.4. The number of para-hydroxylation sites is 1. The molecule has 1 aliphatic heterocycles. The topological polar surface area (TPSA) is 71.8 Å². The Labute approximate surface area is 145 Å². The zero-order valence-electron chi connectivity index (χ0n) is 14.2. The summed E-state index contributed by atoms with van der Waals surface area (Å²) in [5.41, 5.74) is 2.29. The Balaban J connectivity index is 1.96. The van der Waals surface area contributed by atoms with Gasteiger partial charge in [-0.25, -0.2) is 4.68 Å².